The molecule has 1 aliphatic rings. The molecule has 1 aromatic heterocycles. The van der Waals surface area contributed by atoms with Crippen LogP contribution in [0.5, 0.6) is 0 Å². The highest BCUT2D eigenvalue weighted by Gasteiger charge is 2.30. The third kappa shape index (κ3) is 2.44. The van der Waals surface area contributed by atoms with Crippen LogP contribution in [-0.2, 0) is 4.79 Å². The van der Waals surface area contributed by atoms with Gasteiger partial charge in [0.2, 0.25) is 5.91 Å². The molecular formula is C13H17ClN2O. The van der Waals surface area contributed by atoms with Gasteiger partial charge in [-0.25, -0.2) is 4.98 Å². The summed E-state index contributed by atoms with van der Waals surface area (Å²) in [5, 5.41) is 0.637. The zero-order valence-electron chi connectivity index (χ0n) is 10.2. The lowest BCUT2D eigenvalue weighted by molar-refractivity contribution is -0.118. The van der Waals surface area contributed by atoms with Gasteiger partial charge in [-0.3, -0.25) is 9.69 Å². The van der Waals surface area contributed by atoms with Crippen LogP contribution in [0.1, 0.15) is 44.6 Å². The largest absolute Gasteiger partial charge is 0.296 e. The average Bonchev–Trinajstić information content (AvgIpc) is 2.64. The molecule has 17 heavy (non-hydrogen) atoms. The summed E-state index contributed by atoms with van der Waals surface area (Å²) in [6.07, 6.45) is 4.19. The summed E-state index contributed by atoms with van der Waals surface area (Å²) in [6, 6.07) is 1.92. The molecule has 92 valence electrons. The van der Waals surface area contributed by atoms with Crippen molar-refractivity contribution in [3.05, 3.63) is 22.8 Å². The fourth-order valence-electron chi connectivity index (χ4n) is 2.18. The molecule has 2 rings (SSSR count). The van der Waals surface area contributed by atoms with Gasteiger partial charge in [-0.15, -0.1) is 0 Å². The van der Waals surface area contributed by atoms with Gasteiger partial charge in [0.1, 0.15) is 5.82 Å². The smallest absolute Gasteiger partial charge is 0.228 e. The molecule has 1 unspecified atom stereocenters. The lowest BCUT2D eigenvalue weighted by atomic mass is 10.1. The van der Waals surface area contributed by atoms with Crippen LogP contribution in [-0.4, -0.2) is 17.4 Å². The number of unbranched alkanes of at least 4 members (excludes halogenated alkanes) is 1. The van der Waals surface area contributed by atoms with Crippen LogP contribution < -0.4 is 4.90 Å². The first kappa shape index (κ1) is 12.4. The first-order chi connectivity index (χ1) is 8.13. The first-order valence-corrected chi connectivity index (χ1v) is 6.47. The zero-order chi connectivity index (χ0) is 12.4. The Morgan fingerprint density at radius 1 is 1.65 bits per heavy atom. The molecule has 0 saturated heterocycles. The second kappa shape index (κ2) is 5.05. The highest BCUT2D eigenvalue weighted by Crippen LogP contribution is 2.35. The lowest BCUT2D eigenvalue weighted by Crippen LogP contribution is -2.29. The number of hydrogen-bond donors (Lipinski definition) is 0. The topological polar surface area (TPSA) is 33.2 Å². The van der Waals surface area contributed by atoms with Gasteiger partial charge in [0.25, 0.3) is 0 Å². The van der Waals surface area contributed by atoms with Crippen molar-refractivity contribution in [2.24, 2.45) is 0 Å². The molecule has 2 heterocycles. The standard InChI is InChI=1S/C13H17ClN2O/c1-3-4-5-12(17)16-8-9(2)11-6-10(14)7-15-13(11)16/h6-7,9H,3-5,8H2,1-2H3. The van der Waals surface area contributed by atoms with E-state index < -0.39 is 0 Å². The summed E-state index contributed by atoms with van der Waals surface area (Å²) in [4.78, 5) is 18.1. The van der Waals surface area contributed by atoms with Gasteiger partial charge in [0.15, 0.2) is 0 Å². The predicted molar refractivity (Wildman–Crippen MR) is 69.5 cm³/mol. The molecule has 0 N–H and O–H groups in total. The van der Waals surface area contributed by atoms with Crippen molar-refractivity contribution in [3.63, 3.8) is 0 Å². The minimum Gasteiger partial charge on any atom is -0.296 e. The number of hydrogen-bond acceptors (Lipinski definition) is 2. The van der Waals surface area contributed by atoms with Gasteiger partial charge < -0.3 is 0 Å². The molecule has 0 radical (unpaired) electrons. The summed E-state index contributed by atoms with van der Waals surface area (Å²) in [5.74, 6) is 1.29. The van der Waals surface area contributed by atoms with E-state index in [-0.39, 0.29) is 5.91 Å². The summed E-state index contributed by atoms with van der Waals surface area (Å²) in [6.45, 7) is 4.92. The fourth-order valence-corrected chi connectivity index (χ4v) is 2.34. The second-order valence-electron chi connectivity index (χ2n) is 4.58. The number of carbonyl (C=O) groups excluding carboxylic acids is 1. The quantitative estimate of drug-likeness (QED) is 0.826. The van der Waals surface area contributed by atoms with Gasteiger partial charge in [-0.1, -0.05) is 31.9 Å². The molecule has 1 aromatic rings. The van der Waals surface area contributed by atoms with E-state index in [1.807, 2.05) is 6.07 Å². The monoisotopic (exact) mass is 252 g/mol. The van der Waals surface area contributed by atoms with E-state index in [1.165, 1.54) is 0 Å². The summed E-state index contributed by atoms with van der Waals surface area (Å²) in [7, 11) is 0. The number of nitrogens with zero attached hydrogens (tertiary/aromatic N) is 2. The highest BCUT2D eigenvalue weighted by molar-refractivity contribution is 6.30. The van der Waals surface area contributed by atoms with Crippen LogP contribution >= 0.6 is 11.6 Å². The first-order valence-electron chi connectivity index (χ1n) is 6.09. The molecule has 0 aromatic carbocycles. The van der Waals surface area contributed by atoms with E-state index in [4.69, 9.17) is 11.6 Å². The molecule has 0 saturated carbocycles. The van der Waals surface area contributed by atoms with Crippen LogP contribution in [0.25, 0.3) is 0 Å². The van der Waals surface area contributed by atoms with Crippen molar-refractivity contribution >= 4 is 23.3 Å². The van der Waals surface area contributed by atoms with E-state index in [0.717, 1.165) is 30.8 Å². The minimum atomic E-state index is 0.173. The number of carbonyl (C=O) groups is 1. The summed E-state index contributed by atoms with van der Waals surface area (Å²) in [5.41, 5.74) is 1.09. The van der Waals surface area contributed by atoms with E-state index in [2.05, 4.69) is 18.8 Å². The molecule has 0 fully saturated rings. The average molecular weight is 253 g/mol. The fraction of sp³-hybridized carbons (Fsp3) is 0.538. The number of anilines is 1. The third-order valence-corrected chi connectivity index (χ3v) is 3.36. The van der Waals surface area contributed by atoms with E-state index in [1.54, 1.807) is 11.1 Å². The van der Waals surface area contributed by atoms with Crippen molar-refractivity contribution in [2.75, 3.05) is 11.4 Å². The minimum absolute atomic E-state index is 0.173. The number of rotatable bonds is 3. The second-order valence-corrected chi connectivity index (χ2v) is 5.01. The molecule has 1 amide bonds. The molecule has 3 nitrogen and oxygen atoms in total. The Morgan fingerprint density at radius 2 is 2.41 bits per heavy atom. The maximum absolute atomic E-state index is 12.1. The molecule has 0 bridgehead atoms. The molecule has 0 aliphatic carbocycles. The van der Waals surface area contributed by atoms with E-state index >= 15 is 0 Å². The Labute approximate surface area is 107 Å². The summed E-state index contributed by atoms with van der Waals surface area (Å²) >= 11 is 5.93. The van der Waals surface area contributed by atoms with Crippen LogP contribution in [0.15, 0.2) is 12.3 Å². The molecule has 1 atom stereocenters. The maximum Gasteiger partial charge on any atom is 0.228 e. The Morgan fingerprint density at radius 3 is 3.12 bits per heavy atom. The van der Waals surface area contributed by atoms with Crippen LogP contribution in [0.4, 0.5) is 5.82 Å². The Hall–Kier alpha value is -1.09. The zero-order valence-corrected chi connectivity index (χ0v) is 11.0. The third-order valence-electron chi connectivity index (χ3n) is 3.15. The van der Waals surface area contributed by atoms with Crippen LogP contribution in [0.2, 0.25) is 5.02 Å². The normalized spacial score (nSPS) is 18.3. The number of fused-ring (bicyclic) bond motifs is 1. The maximum atomic E-state index is 12.1. The SMILES string of the molecule is CCCCC(=O)N1CC(C)c2cc(Cl)cnc21. The van der Waals surface area contributed by atoms with Gasteiger partial charge in [-0.2, -0.15) is 0 Å². The summed E-state index contributed by atoms with van der Waals surface area (Å²) < 4.78 is 0. The number of amides is 1. The number of halogens is 1. The van der Waals surface area contributed by atoms with Crippen molar-refractivity contribution in [1.82, 2.24) is 4.98 Å². The van der Waals surface area contributed by atoms with Crippen molar-refractivity contribution in [1.29, 1.82) is 0 Å². The van der Waals surface area contributed by atoms with Gasteiger partial charge in [0.05, 0.1) is 5.02 Å². The van der Waals surface area contributed by atoms with Gasteiger partial charge >= 0.3 is 0 Å². The Balaban J connectivity index is 2.22. The number of pyridine rings is 1. The van der Waals surface area contributed by atoms with Gasteiger partial charge in [-0.05, 0) is 12.5 Å². The van der Waals surface area contributed by atoms with Crippen LogP contribution in [0.3, 0.4) is 0 Å². The van der Waals surface area contributed by atoms with Crippen molar-refractivity contribution < 1.29 is 4.79 Å². The molecule has 1 aliphatic heterocycles. The van der Waals surface area contributed by atoms with Gasteiger partial charge in [0, 0.05) is 30.6 Å². The Bertz CT molecular complexity index is 433. The number of aromatic nitrogens is 1. The molecule has 4 heteroatoms. The predicted octanol–water partition coefficient (Wildman–Crippen LogP) is 3.38. The Kier molecular flexibility index (Phi) is 3.67. The van der Waals surface area contributed by atoms with Crippen molar-refractivity contribution in [3.8, 4) is 0 Å². The van der Waals surface area contributed by atoms with E-state index in [9.17, 15) is 4.79 Å². The highest BCUT2D eigenvalue weighted by atomic mass is 35.5. The molecule has 0 spiro atoms. The van der Waals surface area contributed by atoms with Crippen molar-refractivity contribution in [2.45, 2.75) is 39.0 Å². The van der Waals surface area contributed by atoms with E-state index in [0.29, 0.717) is 17.4 Å². The van der Waals surface area contributed by atoms with Crippen LogP contribution in [0, 0.1) is 0 Å². The molecular weight excluding hydrogens is 236 g/mol. The lowest BCUT2D eigenvalue weighted by Gasteiger charge is -2.16.